The van der Waals surface area contributed by atoms with E-state index in [2.05, 4.69) is 20.6 Å². The molecule has 6 nitrogen and oxygen atoms in total. The number of hydrogen-bond acceptors (Lipinski definition) is 3. The first-order valence-corrected chi connectivity index (χ1v) is 7.44. The van der Waals surface area contributed by atoms with Crippen LogP contribution in [0.25, 0.3) is 11.0 Å². The van der Waals surface area contributed by atoms with Gasteiger partial charge < -0.3 is 15.6 Å². The molecule has 3 N–H and O–H groups in total. The Bertz CT molecular complexity index is 738. The van der Waals surface area contributed by atoms with Crippen molar-refractivity contribution in [1.29, 1.82) is 0 Å². The molecule has 1 saturated carbocycles. The van der Waals surface area contributed by atoms with Gasteiger partial charge in [0.25, 0.3) is 5.91 Å². The maximum absolute atomic E-state index is 12.2. The van der Waals surface area contributed by atoms with Gasteiger partial charge in [0.05, 0.1) is 17.4 Å². The number of carbonyl (C=O) groups excluding carboxylic acids is 2. The van der Waals surface area contributed by atoms with Gasteiger partial charge in [-0.25, -0.2) is 4.98 Å². The maximum Gasteiger partial charge on any atom is 0.253 e. The van der Waals surface area contributed by atoms with Gasteiger partial charge >= 0.3 is 0 Å². The van der Waals surface area contributed by atoms with Gasteiger partial charge in [0.2, 0.25) is 5.91 Å². The number of H-pyrrole nitrogens is 1. The Morgan fingerprint density at radius 3 is 2.68 bits per heavy atom. The largest absolute Gasteiger partial charge is 0.349 e. The summed E-state index contributed by atoms with van der Waals surface area (Å²) >= 11 is 0. The molecule has 0 saturated heterocycles. The fourth-order valence-electron chi connectivity index (χ4n) is 2.07. The first-order valence-electron chi connectivity index (χ1n) is 7.44. The fraction of sp³-hybridized carbons (Fsp3) is 0.438. The van der Waals surface area contributed by atoms with Crippen LogP contribution in [0.3, 0.4) is 0 Å². The van der Waals surface area contributed by atoms with Gasteiger partial charge in [-0.15, -0.1) is 0 Å². The minimum Gasteiger partial charge on any atom is -0.349 e. The lowest BCUT2D eigenvalue weighted by atomic mass is 9.95. The lowest BCUT2D eigenvalue weighted by molar-refractivity contribution is -0.123. The van der Waals surface area contributed by atoms with Gasteiger partial charge in [-0.2, -0.15) is 0 Å². The third kappa shape index (κ3) is 2.95. The molecule has 0 aliphatic heterocycles. The molecule has 0 atom stereocenters. The molecule has 1 fully saturated rings. The number of amides is 2. The summed E-state index contributed by atoms with van der Waals surface area (Å²) in [6, 6.07) is 2.08. The Balaban J connectivity index is 1.87. The molecule has 0 bridgehead atoms. The highest BCUT2D eigenvalue weighted by Crippen LogP contribution is 2.24. The second-order valence-corrected chi connectivity index (χ2v) is 6.77. The SMILES string of the molecule is CC(C)(C)C(=O)Nc1cnc2[nH]cc(C(=O)NC3CC3)c2c1. The highest BCUT2D eigenvalue weighted by atomic mass is 16.2. The number of fused-ring (bicyclic) bond motifs is 1. The van der Waals surface area contributed by atoms with Crippen LogP contribution in [0.15, 0.2) is 18.5 Å². The van der Waals surface area contributed by atoms with Crippen molar-refractivity contribution in [2.75, 3.05) is 5.32 Å². The average molecular weight is 300 g/mol. The number of anilines is 1. The molecule has 116 valence electrons. The number of carbonyl (C=O) groups is 2. The monoisotopic (exact) mass is 300 g/mol. The topological polar surface area (TPSA) is 86.9 Å². The molecule has 2 aromatic rings. The molecule has 3 rings (SSSR count). The standard InChI is InChI=1S/C16H20N4O2/c1-16(2,3)15(22)20-10-6-11-12(8-18-13(11)17-7-10)14(21)19-9-4-5-9/h6-9H,4-5H2,1-3H3,(H,17,18)(H,19,21)(H,20,22). The van der Waals surface area contributed by atoms with Crippen molar-refractivity contribution in [3.05, 3.63) is 24.0 Å². The number of pyridine rings is 1. The highest BCUT2D eigenvalue weighted by molar-refractivity contribution is 6.07. The summed E-state index contributed by atoms with van der Waals surface area (Å²) in [5, 5.41) is 6.51. The van der Waals surface area contributed by atoms with Crippen LogP contribution in [-0.4, -0.2) is 27.8 Å². The molecule has 2 heterocycles. The van der Waals surface area contributed by atoms with E-state index in [9.17, 15) is 9.59 Å². The zero-order chi connectivity index (χ0) is 15.9. The van der Waals surface area contributed by atoms with Gasteiger partial charge in [0.15, 0.2) is 0 Å². The zero-order valence-electron chi connectivity index (χ0n) is 13.0. The second kappa shape index (κ2) is 5.12. The van der Waals surface area contributed by atoms with Crippen LogP contribution in [0, 0.1) is 5.41 Å². The quantitative estimate of drug-likeness (QED) is 0.813. The molecule has 2 aromatic heterocycles. The van der Waals surface area contributed by atoms with Crippen molar-refractivity contribution in [3.63, 3.8) is 0 Å². The summed E-state index contributed by atoms with van der Waals surface area (Å²) in [5.41, 5.74) is 1.29. The molecule has 0 spiro atoms. The van der Waals surface area contributed by atoms with E-state index in [1.165, 1.54) is 0 Å². The Kier molecular flexibility index (Phi) is 3.39. The van der Waals surface area contributed by atoms with Crippen LogP contribution < -0.4 is 10.6 Å². The average Bonchev–Trinajstić information content (AvgIpc) is 3.14. The molecule has 0 unspecified atom stereocenters. The van der Waals surface area contributed by atoms with Crippen LogP contribution >= 0.6 is 0 Å². The van der Waals surface area contributed by atoms with E-state index in [1.54, 1.807) is 18.5 Å². The van der Waals surface area contributed by atoms with Crippen molar-refractivity contribution in [2.45, 2.75) is 39.7 Å². The molecule has 0 aromatic carbocycles. The van der Waals surface area contributed by atoms with E-state index in [-0.39, 0.29) is 11.8 Å². The maximum atomic E-state index is 12.2. The van der Waals surface area contributed by atoms with Crippen LogP contribution in [0.4, 0.5) is 5.69 Å². The van der Waals surface area contributed by atoms with Crippen LogP contribution in [-0.2, 0) is 4.79 Å². The first-order chi connectivity index (χ1) is 10.3. The third-order valence-electron chi connectivity index (χ3n) is 3.63. The molecule has 1 aliphatic rings. The number of rotatable bonds is 3. The number of aromatic nitrogens is 2. The smallest absolute Gasteiger partial charge is 0.253 e. The molecule has 2 amide bonds. The van der Waals surface area contributed by atoms with E-state index in [1.807, 2.05) is 20.8 Å². The van der Waals surface area contributed by atoms with E-state index in [0.717, 1.165) is 12.8 Å². The summed E-state index contributed by atoms with van der Waals surface area (Å²) in [4.78, 5) is 31.5. The van der Waals surface area contributed by atoms with Crippen LogP contribution in [0.5, 0.6) is 0 Å². The number of aromatic amines is 1. The summed E-state index contributed by atoms with van der Waals surface area (Å²) < 4.78 is 0. The highest BCUT2D eigenvalue weighted by Gasteiger charge is 2.25. The van der Waals surface area contributed by atoms with Crippen molar-refractivity contribution >= 4 is 28.5 Å². The third-order valence-corrected chi connectivity index (χ3v) is 3.63. The molecule has 0 radical (unpaired) electrons. The Hall–Kier alpha value is -2.37. The molecule has 6 heteroatoms. The molecule has 22 heavy (non-hydrogen) atoms. The van der Waals surface area contributed by atoms with Gasteiger partial charge in [0.1, 0.15) is 5.65 Å². The lowest BCUT2D eigenvalue weighted by Gasteiger charge is -2.17. The molecular formula is C16H20N4O2. The lowest BCUT2D eigenvalue weighted by Crippen LogP contribution is -2.27. The van der Waals surface area contributed by atoms with Crippen LogP contribution in [0.2, 0.25) is 0 Å². The fourth-order valence-corrected chi connectivity index (χ4v) is 2.07. The number of nitrogens with zero attached hydrogens (tertiary/aromatic N) is 1. The first kappa shape index (κ1) is 14.6. The van der Waals surface area contributed by atoms with E-state index >= 15 is 0 Å². The van der Waals surface area contributed by atoms with Gasteiger partial charge in [0, 0.05) is 23.0 Å². The van der Waals surface area contributed by atoms with Crippen molar-refractivity contribution in [2.24, 2.45) is 5.41 Å². The molecular weight excluding hydrogens is 280 g/mol. The van der Waals surface area contributed by atoms with E-state index < -0.39 is 5.41 Å². The Labute approximate surface area is 128 Å². The molecule has 1 aliphatic carbocycles. The summed E-state index contributed by atoms with van der Waals surface area (Å²) in [6.07, 6.45) is 5.33. The van der Waals surface area contributed by atoms with Crippen molar-refractivity contribution < 1.29 is 9.59 Å². The number of nitrogens with one attached hydrogen (secondary N) is 3. The zero-order valence-corrected chi connectivity index (χ0v) is 13.0. The van der Waals surface area contributed by atoms with E-state index in [4.69, 9.17) is 0 Å². The Morgan fingerprint density at radius 1 is 1.32 bits per heavy atom. The van der Waals surface area contributed by atoms with Crippen molar-refractivity contribution in [1.82, 2.24) is 15.3 Å². The summed E-state index contributed by atoms with van der Waals surface area (Å²) in [6.45, 7) is 5.54. The van der Waals surface area contributed by atoms with Gasteiger partial charge in [-0.3, -0.25) is 9.59 Å². The number of hydrogen-bond donors (Lipinski definition) is 3. The minimum absolute atomic E-state index is 0.0897. The van der Waals surface area contributed by atoms with E-state index in [0.29, 0.717) is 28.3 Å². The summed E-state index contributed by atoms with van der Waals surface area (Å²) in [7, 11) is 0. The minimum atomic E-state index is -0.487. The predicted molar refractivity (Wildman–Crippen MR) is 84.7 cm³/mol. The Morgan fingerprint density at radius 2 is 2.05 bits per heavy atom. The normalized spacial score (nSPS) is 14.9. The van der Waals surface area contributed by atoms with Gasteiger partial charge in [-0.05, 0) is 18.9 Å². The van der Waals surface area contributed by atoms with Crippen molar-refractivity contribution in [3.8, 4) is 0 Å². The second-order valence-electron chi connectivity index (χ2n) is 6.77. The predicted octanol–water partition coefficient (Wildman–Crippen LogP) is 2.44. The van der Waals surface area contributed by atoms with Gasteiger partial charge in [-0.1, -0.05) is 20.8 Å². The van der Waals surface area contributed by atoms with Crippen LogP contribution in [0.1, 0.15) is 44.0 Å². The summed E-state index contributed by atoms with van der Waals surface area (Å²) in [5.74, 6) is -0.192.